The monoisotopic (exact) mass is 347 g/mol. The van der Waals surface area contributed by atoms with E-state index in [9.17, 15) is 10.2 Å². The summed E-state index contributed by atoms with van der Waals surface area (Å²) in [6.07, 6.45) is 1.52. The number of rotatable bonds is 1. The lowest BCUT2D eigenvalue weighted by atomic mass is 10.1. The molecule has 0 spiro atoms. The second kappa shape index (κ2) is 4.88. The molecule has 0 saturated heterocycles. The Hall–Kier alpha value is -2.24. The highest BCUT2D eigenvalue weighted by atomic mass is 35.5. The molecule has 1 aromatic carbocycles. The molecule has 0 fully saturated rings. The Bertz CT molecular complexity index is 994. The molecule has 2 heterocycles. The first-order valence-electron chi connectivity index (χ1n) is 6.94. The van der Waals surface area contributed by atoms with E-state index < -0.39 is 5.92 Å². The first-order chi connectivity index (χ1) is 11.0. The van der Waals surface area contributed by atoms with Crippen molar-refractivity contribution in [2.75, 3.05) is 0 Å². The van der Waals surface area contributed by atoms with E-state index in [1.807, 2.05) is 12.1 Å². The average molecular weight is 348 g/mol. The van der Waals surface area contributed by atoms with Crippen molar-refractivity contribution in [1.82, 2.24) is 14.6 Å². The molecule has 0 saturated carbocycles. The summed E-state index contributed by atoms with van der Waals surface area (Å²) >= 11 is 12.4. The number of aromatic nitrogens is 3. The Morgan fingerprint density at radius 2 is 2.00 bits per heavy atom. The Labute approximate surface area is 141 Å². The van der Waals surface area contributed by atoms with Gasteiger partial charge in [0.15, 0.2) is 16.6 Å². The summed E-state index contributed by atoms with van der Waals surface area (Å²) in [5, 5.41) is 25.2. The normalized spacial score (nSPS) is 17.1. The van der Waals surface area contributed by atoms with Gasteiger partial charge in [0.25, 0.3) is 0 Å². The first kappa shape index (κ1) is 14.4. The average Bonchev–Trinajstić information content (AvgIpc) is 2.97. The van der Waals surface area contributed by atoms with Gasteiger partial charge < -0.3 is 10.2 Å². The van der Waals surface area contributed by atoms with Crippen LogP contribution in [0.3, 0.4) is 0 Å². The maximum atomic E-state index is 10.0. The van der Waals surface area contributed by atoms with Gasteiger partial charge in [-0.05, 0) is 24.6 Å². The van der Waals surface area contributed by atoms with Crippen LogP contribution in [0.2, 0.25) is 10.2 Å². The lowest BCUT2D eigenvalue weighted by Crippen LogP contribution is -2.04. The van der Waals surface area contributed by atoms with Crippen LogP contribution < -0.4 is 0 Å². The molecule has 2 N–H and O–H groups in total. The molecule has 3 aromatic rings. The van der Waals surface area contributed by atoms with E-state index in [0.29, 0.717) is 27.5 Å². The predicted octanol–water partition coefficient (Wildman–Crippen LogP) is 4.60. The van der Waals surface area contributed by atoms with Gasteiger partial charge in [-0.2, -0.15) is 5.10 Å². The van der Waals surface area contributed by atoms with Gasteiger partial charge >= 0.3 is 0 Å². The second-order valence-electron chi connectivity index (χ2n) is 5.42. The number of halogens is 2. The van der Waals surface area contributed by atoms with Crippen LogP contribution in [0.25, 0.3) is 22.5 Å². The minimum absolute atomic E-state index is 0.0924. The molecule has 5 nitrogen and oxygen atoms in total. The number of aliphatic hydroxyl groups is 2. The van der Waals surface area contributed by atoms with Gasteiger partial charge in [-0.15, -0.1) is 0 Å². The smallest absolute Gasteiger partial charge is 0.164 e. The second-order valence-corrected chi connectivity index (χ2v) is 6.22. The van der Waals surface area contributed by atoms with Crippen LogP contribution in [0.1, 0.15) is 24.1 Å². The summed E-state index contributed by atoms with van der Waals surface area (Å²) < 4.78 is 1.57. The van der Waals surface area contributed by atoms with Crippen LogP contribution in [0, 0.1) is 0 Å². The molecule has 1 aliphatic carbocycles. The van der Waals surface area contributed by atoms with E-state index in [-0.39, 0.29) is 16.7 Å². The Morgan fingerprint density at radius 1 is 1.22 bits per heavy atom. The molecule has 116 valence electrons. The van der Waals surface area contributed by atoms with E-state index in [1.165, 1.54) is 6.20 Å². The van der Waals surface area contributed by atoms with Crippen LogP contribution in [-0.2, 0) is 0 Å². The molecule has 23 heavy (non-hydrogen) atoms. The van der Waals surface area contributed by atoms with E-state index in [2.05, 4.69) is 10.1 Å². The summed E-state index contributed by atoms with van der Waals surface area (Å²) in [4.78, 5) is 4.37. The first-order valence-corrected chi connectivity index (χ1v) is 7.70. The van der Waals surface area contributed by atoms with Gasteiger partial charge in [-0.1, -0.05) is 35.3 Å². The summed E-state index contributed by atoms with van der Waals surface area (Å²) in [6.45, 7) is 1.78. The van der Waals surface area contributed by atoms with Gasteiger partial charge in [0.2, 0.25) is 0 Å². The topological polar surface area (TPSA) is 70.7 Å². The molecular formula is C16H11Cl2N3O2. The fraction of sp³-hybridized carbons (Fsp3) is 0.125. The maximum Gasteiger partial charge on any atom is 0.164 e. The number of benzene rings is 1. The quantitative estimate of drug-likeness (QED) is 0.674. The lowest BCUT2D eigenvalue weighted by molar-refractivity contribution is 0.357. The number of nitrogens with zero attached hydrogens (tertiary/aromatic N) is 3. The number of hydrogen-bond acceptors (Lipinski definition) is 4. The van der Waals surface area contributed by atoms with Crippen molar-refractivity contribution in [3.63, 3.8) is 0 Å². The summed E-state index contributed by atoms with van der Waals surface area (Å²) in [5.74, 6) is -0.651. The summed E-state index contributed by atoms with van der Waals surface area (Å²) in [5.41, 5.74) is 3.12. The van der Waals surface area contributed by atoms with Gasteiger partial charge in [0.05, 0.1) is 22.7 Å². The highest BCUT2D eigenvalue weighted by Crippen LogP contribution is 2.41. The maximum absolute atomic E-state index is 10.0. The molecule has 4 rings (SSSR count). The van der Waals surface area contributed by atoms with Crippen LogP contribution >= 0.6 is 23.2 Å². The summed E-state index contributed by atoms with van der Waals surface area (Å²) in [7, 11) is 0. The predicted molar refractivity (Wildman–Crippen MR) is 89.0 cm³/mol. The zero-order valence-electron chi connectivity index (χ0n) is 12.0. The Balaban J connectivity index is 2.03. The molecule has 1 unspecified atom stereocenters. The molecule has 1 aliphatic rings. The zero-order valence-corrected chi connectivity index (χ0v) is 13.5. The molecule has 1 atom stereocenters. The van der Waals surface area contributed by atoms with E-state index in [0.717, 1.165) is 5.56 Å². The van der Waals surface area contributed by atoms with Crippen LogP contribution in [0.15, 0.2) is 36.2 Å². The van der Waals surface area contributed by atoms with Crippen molar-refractivity contribution < 1.29 is 10.2 Å². The van der Waals surface area contributed by atoms with Crippen molar-refractivity contribution in [2.45, 2.75) is 12.8 Å². The fourth-order valence-electron chi connectivity index (χ4n) is 2.94. The minimum Gasteiger partial charge on any atom is -0.508 e. The van der Waals surface area contributed by atoms with E-state index in [4.69, 9.17) is 23.2 Å². The SMILES string of the molecule is CC1C(O)=C(O)c2cnc3c(-c4cccc(Cl)c4)c(Cl)nn3c21. The standard InChI is InChI=1S/C16H11Cl2N3O2/c1-7-12-10(14(23)13(7)22)6-19-16-11(15(18)20-21(12)16)8-3-2-4-9(17)5-8/h2-7,22-23H,1H3. The Morgan fingerprint density at radius 3 is 2.74 bits per heavy atom. The van der Waals surface area contributed by atoms with Crippen LogP contribution in [0.5, 0.6) is 0 Å². The third kappa shape index (κ3) is 1.93. The lowest BCUT2D eigenvalue weighted by Gasteiger charge is -2.08. The zero-order chi connectivity index (χ0) is 16.3. The number of fused-ring (bicyclic) bond motifs is 3. The number of hydrogen-bond donors (Lipinski definition) is 2. The van der Waals surface area contributed by atoms with Crippen molar-refractivity contribution in [2.24, 2.45) is 0 Å². The van der Waals surface area contributed by atoms with Crippen molar-refractivity contribution in [1.29, 1.82) is 0 Å². The third-order valence-electron chi connectivity index (χ3n) is 4.07. The highest BCUT2D eigenvalue weighted by molar-refractivity contribution is 6.33. The highest BCUT2D eigenvalue weighted by Gasteiger charge is 2.33. The van der Waals surface area contributed by atoms with E-state index >= 15 is 0 Å². The third-order valence-corrected chi connectivity index (χ3v) is 4.57. The van der Waals surface area contributed by atoms with Gasteiger partial charge in [0, 0.05) is 11.2 Å². The number of aliphatic hydroxyl groups excluding tert-OH is 2. The number of allylic oxidation sites excluding steroid dienone is 1. The van der Waals surface area contributed by atoms with Crippen molar-refractivity contribution >= 4 is 34.6 Å². The van der Waals surface area contributed by atoms with Gasteiger partial charge in [-0.3, -0.25) is 0 Å². The van der Waals surface area contributed by atoms with E-state index in [1.54, 1.807) is 23.6 Å². The van der Waals surface area contributed by atoms with Crippen LogP contribution in [0.4, 0.5) is 0 Å². The molecule has 0 bridgehead atoms. The Kier molecular flexibility index (Phi) is 3.04. The van der Waals surface area contributed by atoms with Gasteiger partial charge in [-0.25, -0.2) is 9.50 Å². The molecule has 2 aromatic heterocycles. The van der Waals surface area contributed by atoms with Crippen molar-refractivity contribution in [3.05, 3.63) is 57.7 Å². The van der Waals surface area contributed by atoms with Crippen LogP contribution in [-0.4, -0.2) is 24.8 Å². The molecular weight excluding hydrogens is 337 g/mol. The molecule has 0 aliphatic heterocycles. The largest absolute Gasteiger partial charge is 0.508 e. The fourth-order valence-corrected chi connectivity index (χ4v) is 3.40. The molecule has 0 amide bonds. The van der Waals surface area contributed by atoms with Gasteiger partial charge in [0.1, 0.15) is 5.76 Å². The molecule has 7 heteroatoms. The summed E-state index contributed by atoms with van der Waals surface area (Å²) in [6, 6.07) is 7.26. The molecule has 0 radical (unpaired) electrons. The minimum atomic E-state index is -0.390. The van der Waals surface area contributed by atoms with Crippen molar-refractivity contribution in [3.8, 4) is 11.1 Å².